The van der Waals surface area contributed by atoms with Gasteiger partial charge < -0.3 is 9.47 Å². The van der Waals surface area contributed by atoms with E-state index in [0.29, 0.717) is 11.3 Å². The van der Waals surface area contributed by atoms with Gasteiger partial charge in [0, 0.05) is 5.56 Å². The number of halogens is 3. The van der Waals surface area contributed by atoms with Crippen molar-refractivity contribution in [3.05, 3.63) is 23.8 Å². The summed E-state index contributed by atoms with van der Waals surface area (Å²) in [6.45, 7) is -1.26. The molecule has 0 heterocycles. The number of hydrogen-bond donors (Lipinski definition) is 1. The zero-order valence-corrected chi connectivity index (χ0v) is 10.4. The van der Waals surface area contributed by atoms with E-state index in [2.05, 4.69) is 5.32 Å². The fourth-order valence-electron chi connectivity index (χ4n) is 1.58. The van der Waals surface area contributed by atoms with Crippen molar-refractivity contribution in [2.24, 2.45) is 0 Å². The van der Waals surface area contributed by atoms with Crippen molar-refractivity contribution in [3.63, 3.8) is 0 Å². The fourth-order valence-corrected chi connectivity index (χ4v) is 1.58. The van der Waals surface area contributed by atoms with Gasteiger partial charge in [0.25, 0.3) is 0 Å². The van der Waals surface area contributed by atoms with Crippen LogP contribution >= 0.6 is 0 Å². The van der Waals surface area contributed by atoms with Crippen LogP contribution in [0.5, 0.6) is 11.5 Å². The Hall–Kier alpha value is -1.94. The van der Waals surface area contributed by atoms with Gasteiger partial charge in [-0.05, 0) is 6.07 Å². The third-order valence-corrected chi connectivity index (χ3v) is 2.38. The van der Waals surface area contributed by atoms with Gasteiger partial charge in [0.05, 0.1) is 26.8 Å². The molecule has 0 aliphatic rings. The summed E-state index contributed by atoms with van der Waals surface area (Å²) in [6, 6.07) is 5.33. The van der Waals surface area contributed by atoms with Crippen molar-refractivity contribution < 1.29 is 22.6 Å². The minimum absolute atomic E-state index is 0.242. The van der Waals surface area contributed by atoms with Gasteiger partial charge in [-0.1, -0.05) is 12.1 Å². The van der Waals surface area contributed by atoms with Crippen molar-refractivity contribution in [2.75, 3.05) is 20.8 Å². The number of nitriles is 1. The van der Waals surface area contributed by atoms with Gasteiger partial charge in [-0.2, -0.15) is 18.4 Å². The standard InChI is InChI=1S/C12H13F3N2O2/c1-18-10-5-3-4-8(11(10)19-2)9(6-16)17-7-12(13,14)15/h3-5,9,17H,7H2,1-2H3. The van der Waals surface area contributed by atoms with E-state index in [9.17, 15) is 13.2 Å². The second kappa shape index (κ2) is 6.29. The van der Waals surface area contributed by atoms with E-state index >= 15 is 0 Å². The largest absolute Gasteiger partial charge is 0.493 e. The average molecular weight is 274 g/mol. The molecule has 0 aliphatic heterocycles. The van der Waals surface area contributed by atoms with E-state index in [1.54, 1.807) is 18.2 Å². The van der Waals surface area contributed by atoms with Gasteiger partial charge in [-0.25, -0.2) is 0 Å². The Morgan fingerprint density at radius 1 is 1.32 bits per heavy atom. The highest BCUT2D eigenvalue weighted by Gasteiger charge is 2.29. The highest BCUT2D eigenvalue weighted by atomic mass is 19.4. The van der Waals surface area contributed by atoms with E-state index in [4.69, 9.17) is 14.7 Å². The summed E-state index contributed by atoms with van der Waals surface area (Å²) >= 11 is 0. The number of para-hydroxylation sites is 1. The molecule has 0 amide bonds. The number of nitrogens with one attached hydrogen (secondary N) is 1. The first-order valence-electron chi connectivity index (χ1n) is 5.33. The summed E-state index contributed by atoms with van der Waals surface area (Å²) in [5.41, 5.74) is 0.300. The molecule has 1 aromatic rings. The van der Waals surface area contributed by atoms with Gasteiger partial charge >= 0.3 is 6.18 Å². The normalized spacial score (nSPS) is 12.6. The monoisotopic (exact) mass is 274 g/mol. The molecule has 0 bridgehead atoms. The van der Waals surface area contributed by atoms with Gasteiger partial charge in [0.15, 0.2) is 11.5 Å². The molecule has 0 aliphatic carbocycles. The van der Waals surface area contributed by atoms with Crippen LogP contribution in [0.1, 0.15) is 11.6 Å². The first-order chi connectivity index (χ1) is 8.92. The molecule has 0 saturated heterocycles. The lowest BCUT2D eigenvalue weighted by Gasteiger charge is -2.18. The lowest BCUT2D eigenvalue weighted by Crippen LogP contribution is -2.31. The second-order valence-electron chi connectivity index (χ2n) is 3.64. The van der Waals surface area contributed by atoms with Crippen LogP contribution in [0, 0.1) is 11.3 Å². The molecule has 0 aromatic heterocycles. The molecule has 1 aromatic carbocycles. The molecular formula is C12H13F3N2O2. The molecule has 4 nitrogen and oxygen atoms in total. The Bertz CT molecular complexity index is 469. The molecule has 0 radical (unpaired) electrons. The number of rotatable bonds is 5. The summed E-state index contributed by atoms with van der Waals surface area (Å²) < 4.78 is 46.6. The van der Waals surface area contributed by atoms with Crippen LogP contribution in [0.3, 0.4) is 0 Å². The molecule has 19 heavy (non-hydrogen) atoms. The summed E-state index contributed by atoms with van der Waals surface area (Å²) in [7, 11) is 2.77. The maximum atomic E-state index is 12.2. The first-order valence-corrected chi connectivity index (χ1v) is 5.33. The Labute approximate surface area is 108 Å². The van der Waals surface area contributed by atoms with Gasteiger partial charge in [0.2, 0.25) is 0 Å². The van der Waals surface area contributed by atoms with Crippen molar-refractivity contribution >= 4 is 0 Å². The Morgan fingerprint density at radius 2 is 2.00 bits per heavy atom. The molecule has 1 rings (SSSR count). The number of methoxy groups -OCH3 is 2. The zero-order valence-electron chi connectivity index (χ0n) is 10.4. The summed E-state index contributed by atoms with van der Waals surface area (Å²) in [5, 5.41) is 11.1. The third kappa shape index (κ3) is 4.03. The maximum absolute atomic E-state index is 12.2. The summed E-state index contributed by atoms with van der Waals surface area (Å²) in [5.74, 6) is 0.597. The van der Waals surface area contributed by atoms with Crippen molar-refractivity contribution in [1.29, 1.82) is 5.26 Å². The Kier molecular flexibility index (Phi) is 5.01. The number of alkyl halides is 3. The lowest BCUT2D eigenvalue weighted by atomic mass is 10.1. The number of benzene rings is 1. The van der Waals surface area contributed by atoms with Gasteiger partial charge in [-0.3, -0.25) is 5.32 Å². The Balaban J connectivity index is 3.02. The van der Waals surface area contributed by atoms with Gasteiger partial charge in [-0.15, -0.1) is 0 Å². The fraction of sp³-hybridized carbons (Fsp3) is 0.417. The van der Waals surface area contributed by atoms with Gasteiger partial charge in [0.1, 0.15) is 6.04 Å². The van der Waals surface area contributed by atoms with E-state index in [1.807, 2.05) is 0 Å². The molecule has 0 fully saturated rings. The third-order valence-electron chi connectivity index (χ3n) is 2.38. The van der Waals surface area contributed by atoms with E-state index in [-0.39, 0.29) is 5.75 Å². The molecule has 1 unspecified atom stereocenters. The van der Waals surface area contributed by atoms with Crippen LogP contribution in [0.4, 0.5) is 13.2 Å². The second-order valence-corrected chi connectivity index (χ2v) is 3.64. The van der Waals surface area contributed by atoms with Crippen molar-refractivity contribution in [1.82, 2.24) is 5.32 Å². The van der Waals surface area contributed by atoms with Crippen LogP contribution in [-0.2, 0) is 0 Å². The smallest absolute Gasteiger partial charge is 0.401 e. The quantitative estimate of drug-likeness (QED) is 0.896. The van der Waals surface area contributed by atoms with Crippen LogP contribution < -0.4 is 14.8 Å². The molecule has 104 valence electrons. The molecule has 7 heteroatoms. The van der Waals surface area contributed by atoms with Crippen molar-refractivity contribution in [2.45, 2.75) is 12.2 Å². The number of ether oxygens (including phenoxy) is 2. The Morgan fingerprint density at radius 3 is 2.47 bits per heavy atom. The molecular weight excluding hydrogens is 261 g/mol. The molecule has 1 atom stereocenters. The molecule has 0 saturated carbocycles. The van der Waals surface area contributed by atoms with Crippen LogP contribution in [0.2, 0.25) is 0 Å². The predicted octanol–water partition coefficient (Wildman–Crippen LogP) is 2.42. The topological polar surface area (TPSA) is 54.3 Å². The van der Waals surface area contributed by atoms with Crippen LogP contribution in [0.25, 0.3) is 0 Å². The van der Waals surface area contributed by atoms with Crippen LogP contribution in [-0.4, -0.2) is 26.9 Å². The minimum atomic E-state index is -4.39. The molecule has 0 spiro atoms. The first kappa shape index (κ1) is 15.1. The van der Waals surface area contributed by atoms with E-state index in [1.165, 1.54) is 20.3 Å². The van der Waals surface area contributed by atoms with Crippen LogP contribution in [0.15, 0.2) is 18.2 Å². The number of hydrogen-bond acceptors (Lipinski definition) is 4. The average Bonchev–Trinajstić information content (AvgIpc) is 2.37. The van der Waals surface area contributed by atoms with E-state index < -0.39 is 18.8 Å². The summed E-state index contributed by atoms with van der Waals surface area (Å²) in [6.07, 6.45) is -4.39. The highest BCUT2D eigenvalue weighted by molar-refractivity contribution is 5.49. The van der Waals surface area contributed by atoms with Crippen molar-refractivity contribution in [3.8, 4) is 17.6 Å². The predicted molar refractivity (Wildman–Crippen MR) is 62.0 cm³/mol. The van der Waals surface area contributed by atoms with E-state index in [0.717, 1.165) is 0 Å². The lowest BCUT2D eigenvalue weighted by molar-refractivity contribution is -0.125. The summed E-state index contributed by atoms with van der Waals surface area (Å²) in [4.78, 5) is 0. The maximum Gasteiger partial charge on any atom is 0.401 e. The number of nitrogens with zero attached hydrogens (tertiary/aromatic N) is 1. The molecule has 1 N–H and O–H groups in total. The minimum Gasteiger partial charge on any atom is -0.493 e. The SMILES string of the molecule is COc1cccc(C(C#N)NCC(F)(F)F)c1OC. The highest BCUT2D eigenvalue weighted by Crippen LogP contribution is 2.34. The zero-order chi connectivity index (χ0) is 14.5.